The number of carbonyl (C=O) groups excluding carboxylic acids is 2. The number of nitrogens with zero attached hydrogens (tertiary/aromatic N) is 1. The van der Waals surface area contributed by atoms with Crippen LogP contribution in [0.2, 0.25) is 0 Å². The number of hydrogen-bond donors (Lipinski definition) is 2. The van der Waals surface area contributed by atoms with Crippen LogP contribution in [0, 0.1) is 26.6 Å². The van der Waals surface area contributed by atoms with E-state index in [1.54, 1.807) is 26.0 Å². The van der Waals surface area contributed by atoms with Gasteiger partial charge in [0.1, 0.15) is 5.76 Å². The number of aromatic nitrogens is 1. The highest BCUT2D eigenvalue weighted by Crippen LogP contribution is 2.18. The van der Waals surface area contributed by atoms with Gasteiger partial charge in [0, 0.05) is 18.2 Å². The molecule has 28 heavy (non-hydrogen) atoms. The monoisotopic (exact) mass is 391 g/mol. The number of rotatable bonds is 9. The quantitative estimate of drug-likeness (QED) is 0.685. The molecule has 0 radical (unpaired) electrons. The lowest BCUT2D eigenvalue weighted by Gasteiger charge is -2.14. The Labute approximate surface area is 163 Å². The first-order valence-electron chi connectivity index (χ1n) is 9.13. The van der Waals surface area contributed by atoms with Crippen LogP contribution in [0.1, 0.15) is 35.9 Å². The summed E-state index contributed by atoms with van der Waals surface area (Å²) in [5, 5.41) is 9.40. The van der Waals surface area contributed by atoms with E-state index >= 15 is 0 Å². The second kappa shape index (κ2) is 9.87. The normalized spacial score (nSPS) is 11.8. The third-order valence-electron chi connectivity index (χ3n) is 4.27. The summed E-state index contributed by atoms with van der Waals surface area (Å²) in [4.78, 5) is 24.0. The van der Waals surface area contributed by atoms with E-state index in [2.05, 4.69) is 15.8 Å². The zero-order valence-electron chi connectivity index (χ0n) is 16.6. The highest BCUT2D eigenvalue weighted by atomic mass is 19.1. The Kier molecular flexibility index (Phi) is 7.54. The van der Waals surface area contributed by atoms with E-state index in [1.165, 1.54) is 6.07 Å². The van der Waals surface area contributed by atoms with E-state index in [1.807, 2.05) is 13.8 Å². The predicted molar refractivity (Wildman–Crippen MR) is 102 cm³/mol. The molecule has 0 bridgehead atoms. The molecular weight excluding hydrogens is 365 g/mol. The summed E-state index contributed by atoms with van der Waals surface area (Å²) in [6.45, 7) is 7.33. The molecule has 1 heterocycles. The zero-order chi connectivity index (χ0) is 20.7. The van der Waals surface area contributed by atoms with Crippen LogP contribution >= 0.6 is 0 Å². The molecule has 1 aromatic carbocycles. The second-order valence-corrected chi connectivity index (χ2v) is 6.81. The Balaban J connectivity index is 1.67. The van der Waals surface area contributed by atoms with Gasteiger partial charge in [-0.15, -0.1) is 0 Å². The van der Waals surface area contributed by atoms with Gasteiger partial charge in [-0.1, -0.05) is 11.2 Å². The molecule has 152 valence electrons. The van der Waals surface area contributed by atoms with E-state index in [0.717, 1.165) is 11.1 Å². The molecule has 0 aliphatic heterocycles. The number of carbonyl (C=O) groups is 2. The van der Waals surface area contributed by atoms with Crippen molar-refractivity contribution < 1.29 is 23.2 Å². The highest BCUT2D eigenvalue weighted by molar-refractivity contribution is 5.79. The average Bonchev–Trinajstić information content (AvgIpc) is 2.94. The van der Waals surface area contributed by atoms with E-state index in [0.29, 0.717) is 24.4 Å². The van der Waals surface area contributed by atoms with Crippen LogP contribution in [0.4, 0.5) is 4.39 Å². The van der Waals surface area contributed by atoms with Gasteiger partial charge in [-0.2, -0.15) is 0 Å². The van der Waals surface area contributed by atoms with Gasteiger partial charge in [-0.3, -0.25) is 9.59 Å². The van der Waals surface area contributed by atoms with Crippen molar-refractivity contribution in [3.05, 3.63) is 46.6 Å². The minimum Gasteiger partial charge on any atom is -0.481 e. The first kappa shape index (κ1) is 21.4. The van der Waals surface area contributed by atoms with Gasteiger partial charge >= 0.3 is 0 Å². The number of hydrogen-bond acceptors (Lipinski definition) is 5. The van der Waals surface area contributed by atoms with Crippen LogP contribution in [0.15, 0.2) is 22.7 Å². The summed E-state index contributed by atoms with van der Waals surface area (Å²) in [5.41, 5.74) is 2.34. The van der Waals surface area contributed by atoms with Gasteiger partial charge in [0.15, 0.2) is 18.2 Å². The maximum Gasteiger partial charge on any atom is 0.257 e. The van der Waals surface area contributed by atoms with Crippen molar-refractivity contribution >= 4 is 11.8 Å². The minimum atomic E-state index is -0.506. The summed E-state index contributed by atoms with van der Waals surface area (Å²) >= 11 is 0. The molecule has 8 heteroatoms. The molecule has 2 amide bonds. The van der Waals surface area contributed by atoms with Crippen LogP contribution in [0.5, 0.6) is 5.75 Å². The van der Waals surface area contributed by atoms with Crippen LogP contribution in [-0.4, -0.2) is 36.2 Å². The molecule has 0 fully saturated rings. The third-order valence-corrected chi connectivity index (χ3v) is 4.27. The number of aryl methyl sites for hydroxylation is 3. The molecule has 2 aromatic rings. The molecule has 0 unspecified atom stereocenters. The van der Waals surface area contributed by atoms with Gasteiger partial charge < -0.3 is 19.9 Å². The summed E-state index contributed by atoms with van der Waals surface area (Å²) in [6, 6.07) is 4.35. The maximum absolute atomic E-state index is 13.6. The van der Waals surface area contributed by atoms with Gasteiger partial charge in [-0.05, 0) is 51.8 Å². The Morgan fingerprint density at radius 2 is 2.00 bits per heavy atom. The maximum atomic E-state index is 13.6. The Morgan fingerprint density at radius 3 is 2.68 bits per heavy atom. The van der Waals surface area contributed by atoms with E-state index in [4.69, 9.17) is 9.26 Å². The molecule has 0 saturated carbocycles. The van der Waals surface area contributed by atoms with Gasteiger partial charge in [0.2, 0.25) is 5.91 Å². The van der Waals surface area contributed by atoms with Crippen molar-refractivity contribution in [1.29, 1.82) is 0 Å². The number of amides is 2. The third kappa shape index (κ3) is 6.37. The van der Waals surface area contributed by atoms with Crippen molar-refractivity contribution in [3.63, 3.8) is 0 Å². The fourth-order valence-electron chi connectivity index (χ4n) is 2.66. The number of ether oxygens (including phenoxy) is 1. The first-order chi connectivity index (χ1) is 13.3. The number of halogens is 1. The van der Waals surface area contributed by atoms with Crippen LogP contribution < -0.4 is 15.4 Å². The van der Waals surface area contributed by atoms with Crippen LogP contribution in [0.3, 0.4) is 0 Å². The SMILES string of the molecule is Cc1ccc(F)c(OCC(=O)NCC[C@H](C)NC(=O)Cc2c(C)noc2C)c1. The van der Waals surface area contributed by atoms with Gasteiger partial charge in [0.25, 0.3) is 5.91 Å². The van der Waals surface area contributed by atoms with Gasteiger partial charge in [0.05, 0.1) is 12.1 Å². The standard InChI is InChI=1S/C20H26FN3O4/c1-12-5-6-17(21)18(9-12)27-11-20(26)22-8-7-13(2)23-19(25)10-16-14(3)24-28-15(16)4/h5-6,9,13H,7-8,10-11H2,1-4H3,(H,22,26)(H,23,25)/t13-/m0/s1. The summed E-state index contributed by atoms with van der Waals surface area (Å²) in [6.07, 6.45) is 0.756. The van der Waals surface area contributed by atoms with Crippen LogP contribution in [-0.2, 0) is 16.0 Å². The summed E-state index contributed by atoms with van der Waals surface area (Å²) in [7, 11) is 0. The number of nitrogens with one attached hydrogen (secondary N) is 2. The van der Waals surface area contributed by atoms with Crippen molar-refractivity contribution in [2.24, 2.45) is 0 Å². The highest BCUT2D eigenvalue weighted by Gasteiger charge is 2.15. The topological polar surface area (TPSA) is 93.5 Å². The molecule has 2 rings (SSSR count). The molecule has 0 spiro atoms. The molecular formula is C20H26FN3O4. The Hall–Kier alpha value is -2.90. The smallest absolute Gasteiger partial charge is 0.257 e. The first-order valence-corrected chi connectivity index (χ1v) is 9.13. The molecule has 2 N–H and O–H groups in total. The Morgan fingerprint density at radius 1 is 1.25 bits per heavy atom. The molecule has 7 nitrogen and oxygen atoms in total. The molecule has 1 atom stereocenters. The fraction of sp³-hybridized carbons (Fsp3) is 0.450. The van der Waals surface area contributed by atoms with Crippen molar-refractivity contribution in [2.75, 3.05) is 13.2 Å². The van der Waals surface area contributed by atoms with Crippen molar-refractivity contribution in [2.45, 2.75) is 46.6 Å². The summed E-state index contributed by atoms with van der Waals surface area (Å²) < 4.78 is 23.8. The van der Waals surface area contributed by atoms with E-state index in [-0.39, 0.29) is 36.6 Å². The average molecular weight is 391 g/mol. The lowest BCUT2D eigenvalue weighted by Crippen LogP contribution is -2.37. The molecule has 0 aliphatic carbocycles. The molecule has 0 saturated heterocycles. The van der Waals surface area contributed by atoms with Crippen molar-refractivity contribution in [3.8, 4) is 5.75 Å². The zero-order valence-corrected chi connectivity index (χ0v) is 16.6. The summed E-state index contributed by atoms with van der Waals surface area (Å²) in [5.74, 6) is -0.303. The lowest BCUT2D eigenvalue weighted by atomic mass is 10.1. The van der Waals surface area contributed by atoms with E-state index in [9.17, 15) is 14.0 Å². The number of benzene rings is 1. The second-order valence-electron chi connectivity index (χ2n) is 6.81. The predicted octanol–water partition coefficient (Wildman–Crippen LogP) is 2.37. The molecule has 0 aliphatic rings. The Bertz CT molecular complexity index is 815. The van der Waals surface area contributed by atoms with Crippen molar-refractivity contribution in [1.82, 2.24) is 15.8 Å². The van der Waals surface area contributed by atoms with Crippen LogP contribution in [0.25, 0.3) is 0 Å². The lowest BCUT2D eigenvalue weighted by molar-refractivity contribution is -0.123. The van der Waals surface area contributed by atoms with E-state index < -0.39 is 5.82 Å². The fourth-order valence-corrected chi connectivity index (χ4v) is 2.66. The van der Waals surface area contributed by atoms with Gasteiger partial charge in [-0.25, -0.2) is 4.39 Å². The molecule has 1 aromatic heterocycles. The minimum absolute atomic E-state index is 0.0510. The largest absolute Gasteiger partial charge is 0.481 e.